The maximum absolute atomic E-state index is 12.5. The van der Waals surface area contributed by atoms with E-state index >= 15 is 0 Å². The molecule has 7 nitrogen and oxygen atoms in total. The fraction of sp³-hybridized carbons (Fsp3) is 0.278. The smallest absolute Gasteiger partial charge is 0.237 e. The summed E-state index contributed by atoms with van der Waals surface area (Å²) in [7, 11) is 3.44. The lowest BCUT2D eigenvalue weighted by Gasteiger charge is -2.13. The molecule has 1 amide bonds. The molecule has 2 heterocycles. The first-order valence-corrected chi connectivity index (χ1v) is 8.93. The van der Waals surface area contributed by atoms with Crippen LogP contribution in [0.15, 0.2) is 46.2 Å². The molecular weight excluding hydrogens is 352 g/mol. The predicted molar refractivity (Wildman–Crippen MR) is 100 cm³/mol. The van der Waals surface area contributed by atoms with Crippen LogP contribution in [0, 0.1) is 6.92 Å². The first-order valence-electron chi connectivity index (χ1n) is 8.05. The maximum Gasteiger partial charge on any atom is 0.237 e. The van der Waals surface area contributed by atoms with Crippen LogP contribution in [0.2, 0.25) is 0 Å². The number of methoxy groups -OCH3 is 1. The summed E-state index contributed by atoms with van der Waals surface area (Å²) in [6.07, 6.45) is 1.62. The molecule has 3 aromatic rings. The Morgan fingerprint density at radius 3 is 2.77 bits per heavy atom. The Balaban J connectivity index is 1.72. The van der Waals surface area contributed by atoms with Gasteiger partial charge < -0.3 is 19.0 Å². The fourth-order valence-electron chi connectivity index (χ4n) is 2.46. The third-order valence-electron chi connectivity index (χ3n) is 3.95. The van der Waals surface area contributed by atoms with Gasteiger partial charge in [0.15, 0.2) is 11.0 Å². The number of ether oxygens (including phenoxy) is 1. The minimum absolute atomic E-state index is 0.136. The minimum Gasteiger partial charge on any atom is -0.495 e. The molecule has 0 saturated carbocycles. The van der Waals surface area contributed by atoms with Crippen molar-refractivity contribution < 1.29 is 13.9 Å². The monoisotopic (exact) mass is 372 g/mol. The van der Waals surface area contributed by atoms with Crippen LogP contribution in [0.1, 0.15) is 12.7 Å². The number of nitrogens with one attached hydrogen (secondary N) is 1. The van der Waals surface area contributed by atoms with Crippen molar-refractivity contribution in [2.75, 3.05) is 12.4 Å². The predicted octanol–water partition coefficient (Wildman–Crippen LogP) is 3.51. The largest absolute Gasteiger partial charge is 0.495 e. The van der Waals surface area contributed by atoms with Crippen LogP contribution < -0.4 is 10.1 Å². The number of carbonyl (C=O) groups is 1. The van der Waals surface area contributed by atoms with Crippen molar-refractivity contribution in [1.29, 1.82) is 0 Å². The van der Waals surface area contributed by atoms with Crippen LogP contribution >= 0.6 is 11.8 Å². The molecule has 0 spiro atoms. The molecule has 1 unspecified atom stereocenters. The Labute approximate surface area is 155 Å². The lowest BCUT2D eigenvalue weighted by molar-refractivity contribution is -0.115. The molecule has 26 heavy (non-hydrogen) atoms. The number of aryl methyl sites for hydroxylation is 1. The Hall–Kier alpha value is -2.74. The second kappa shape index (κ2) is 7.65. The van der Waals surface area contributed by atoms with Gasteiger partial charge in [0, 0.05) is 7.05 Å². The van der Waals surface area contributed by atoms with Gasteiger partial charge in [0.25, 0.3) is 0 Å². The number of rotatable bonds is 6. The Bertz CT molecular complexity index is 919. The molecule has 1 aromatic carbocycles. The molecule has 136 valence electrons. The van der Waals surface area contributed by atoms with Gasteiger partial charge in [0.1, 0.15) is 11.5 Å². The zero-order valence-corrected chi connectivity index (χ0v) is 15.8. The number of amides is 1. The van der Waals surface area contributed by atoms with Crippen LogP contribution in [0.5, 0.6) is 5.75 Å². The summed E-state index contributed by atoms with van der Waals surface area (Å²) >= 11 is 1.34. The van der Waals surface area contributed by atoms with Gasteiger partial charge in [-0.15, -0.1) is 10.2 Å². The van der Waals surface area contributed by atoms with E-state index in [1.807, 2.05) is 43.7 Å². The normalized spacial score (nSPS) is 12.0. The van der Waals surface area contributed by atoms with Gasteiger partial charge in [-0.1, -0.05) is 23.9 Å². The van der Waals surface area contributed by atoms with E-state index in [1.165, 1.54) is 11.8 Å². The molecule has 0 aliphatic heterocycles. The second-order valence-electron chi connectivity index (χ2n) is 5.71. The second-order valence-corrected chi connectivity index (χ2v) is 7.01. The molecule has 3 rings (SSSR count). The van der Waals surface area contributed by atoms with Crippen molar-refractivity contribution in [1.82, 2.24) is 14.8 Å². The fourth-order valence-corrected chi connectivity index (χ4v) is 3.28. The summed E-state index contributed by atoms with van der Waals surface area (Å²) in [6.45, 7) is 3.70. The van der Waals surface area contributed by atoms with Crippen molar-refractivity contribution in [3.63, 3.8) is 0 Å². The highest BCUT2D eigenvalue weighted by molar-refractivity contribution is 8.00. The number of hydrogen-bond donors (Lipinski definition) is 1. The number of carbonyl (C=O) groups excluding carboxylic acids is 1. The first-order chi connectivity index (χ1) is 12.5. The van der Waals surface area contributed by atoms with E-state index in [4.69, 9.17) is 9.15 Å². The quantitative estimate of drug-likeness (QED) is 0.667. The highest BCUT2D eigenvalue weighted by Crippen LogP contribution is 2.29. The SMILES string of the molecule is COc1ccccc1NC(=O)C(C)Sc1nnc(-c2ccoc2C)n1C. The van der Waals surface area contributed by atoms with Crippen LogP contribution in [0.25, 0.3) is 11.4 Å². The summed E-state index contributed by atoms with van der Waals surface area (Å²) in [5.74, 6) is 1.97. The van der Waals surface area contributed by atoms with Crippen molar-refractivity contribution >= 4 is 23.4 Å². The number of furan rings is 1. The van der Waals surface area contributed by atoms with E-state index < -0.39 is 0 Å². The van der Waals surface area contributed by atoms with Gasteiger partial charge in [-0.05, 0) is 32.0 Å². The van der Waals surface area contributed by atoms with Gasteiger partial charge in [-0.2, -0.15) is 0 Å². The molecule has 0 aliphatic rings. The minimum atomic E-state index is -0.360. The zero-order valence-electron chi connectivity index (χ0n) is 15.0. The number of aromatic nitrogens is 3. The number of anilines is 1. The highest BCUT2D eigenvalue weighted by atomic mass is 32.2. The first kappa shape index (κ1) is 18.1. The van der Waals surface area contributed by atoms with Gasteiger partial charge in [-0.25, -0.2) is 0 Å². The van der Waals surface area contributed by atoms with E-state index in [2.05, 4.69) is 15.5 Å². The Morgan fingerprint density at radius 1 is 1.31 bits per heavy atom. The zero-order chi connectivity index (χ0) is 18.7. The van der Waals surface area contributed by atoms with Gasteiger partial charge in [0.2, 0.25) is 5.91 Å². The summed E-state index contributed by atoms with van der Waals surface area (Å²) in [5, 5.41) is 11.6. The molecule has 0 radical (unpaired) electrons. The number of hydrogen-bond acceptors (Lipinski definition) is 6. The molecule has 0 fully saturated rings. The molecule has 0 aliphatic carbocycles. The Kier molecular flexibility index (Phi) is 5.32. The molecule has 0 bridgehead atoms. The average Bonchev–Trinajstić information content (AvgIpc) is 3.21. The summed E-state index contributed by atoms with van der Waals surface area (Å²) in [6, 6.07) is 9.15. The molecule has 0 saturated heterocycles. The highest BCUT2D eigenvalue weighted by Gasteiger charge is 2.21. The number of para-hydroxylation sites is 2. The standard InChI is InChI=1S/C18H20N4O3S/c1-11-13(9-10-25-11)16-20-21-18(22(16)3)26-12(2)17(23)19-14-7-5-6-8-15(14)24-4/h5-10,12H,1-4H3,(H,19,23). The maximum atomic E-state index is 12.5. The van der Waals surface area contributed by atoms with E-state index in [-0.39, 0.29) is 11.2 Å². The number of thioether (sulfide) groups is 1. The lowest BCUT2D eigenvalue weighted by Crippen LogP contribution is -2.23. The molecule has 2 aromatic heterocycles. The molecule has 1 atom stereocenters. The van der Waals surface area contributed by atoms with Gasteiger partial charge >= 0.3 is 0 Å². The van der Waals surface area contributed by atoms with Crippen LogP contribution in [-0.2, 0) is 11.8 Å². The van der Waals surface area contributed by atoms with Gasteiger partial charge in [-0.3, -0.25) is 4.79 Å². The summed E-state index contributed by atoms with van der Waals surface area (Å²) in [4.78, 5) is 12.5. The van der Waals surface area contributed by atoms with E-state index in [0.717, 1.165) is 11.3 Å². The molecule has 8 heteroatoms. The van der Waals surface area contributed by atoms with Crippen molar-refractivity contribution in [2.45, 2.75) is 24.3 Å². The van der Waals surface area contributed by atoms with Crippen LogP contribution in [0.3, 0.4) is 0 Å². The topological polar surface area (TPSA) is 82.2 Å². The molecule has 1 N–H and O–H groups in total. The van der Waals surface area contributed by atoms with E-state index in [1.54, 1.807) is 25.5 Å². The van der Waals surface area contributed by atoms with Crippen LogP contribution in [0.4, 0.5) is 5.69 Å². The average molecular weight is 372 g/mol. The van der Waals surface area contributed by atoms with Gasteiger partial charge in [0.05, 0.1) is 29.9 Å². The van der Waals surface area contributed by atoms with Crippen molar-refractivity contribution in [3.05, 3.63) is 42.4 Å². The Morgan fingerprint density at radius 2 is 2.08 bits per heavy atom. The summed E-state index contributed by atoms with van der Waals surface area (Å²) < 4.78 is 12.4. The third kappa shape index (κ3) is 3.60. The third-order valence-corrected chi connectivity index (χ3v) is 5.08. The van der Waals surface area contributed by atoms with Crippen molar-refractivity contribution in [2.24, 2.45) is 7.05 Å². The lowest BCUT2D eigenvalue weighted by atomic mass is 10.2. The number of benzene rings is 1. The number of nitrogens with zero attached hydrogens (tertiary/aromatic N) is 3. The van der Waals surface area contributed by atoms with E-state index in [9.17, 15) is 4.79 Å². The van der Waals surface area contributed by atoms with Crippen LogP contribution in [-0.4, -0.2) is 33.0 Å². The summed E-state index contributed by atoms with van der Waals surface area (Å²) in [5.41, 5.74) is 1.53. The van der Waals surface area contributed by atoms with Crippen molar-refractivity contribution in [3.8, 4) is 17.1 Å². The molecular formula is C18H20N4O3S. The van der Waals surface area contributed by atoms with E-state index in [0.29, 0.717) is 22.4 Å².